The van der Waals surface area contributed by atoms with Crippen LogP contribution in [0.25, 0.3) is 22.2 Å². The topological polar surface area (TPSA) is 142 Å². The molecule has 0 unspecified atom stereocenters. The number of hydrogen-bond acceptors (Lipinski definition) is 8. The molecule has 7 rings (SSSR count). The lowest BCUT2D eigenvalue weighted by Gasteiger charge is -2.29. The second kappa shape index (κ2) is 11.3. The third kappa shape index (κ3) is 5.18. The number of primary amides is 1. The van der Waals surface area contributed by atoms with Crippen LogP contribution in [-0.2, 0) is 15.8 Å². The number of rotatable bonds is 9. The summed E-state index contributed by atoms with van der Waals surface area (Å²) < 4.78 is 42.7. The molecule has 0 spiro atoms. The zero-order valence-electron chi connectivity index (χ0n) is 25.1. The predicted molar refractivity (Wildman–Crippen MR) is 171 cm³/mol. The van der Waals surface area contributed by atoms with Crippen molar-refractivity contribution in [1.29, 1.82) is 0 Å². The fraction of sp³-hybridized carbons (Fsp3) is 0.273. The Bertz CT molecular complexity index is 2090. The van der Waals surface area contributed by atoms with Crippen molar-refractivity contribution in [1.82, 2.24) is 20.1 Å². The molecule has 4 heterocycles. The van der Waals surface area contributed by atoms with E-state index in [1.54, 1.807) is 35.9 Å². The molecule has 5 aromatic rings. The number of nitrogens with zero attached hydrogens (tertiary/aromatic N) is 3. The highest BCUT2D eigenvalue weighted by Crippen LogP contribution is 2.47. The molecule has 0 radical (unpaired) electrons. The molecule has 10 nitrogen and oxygen atoms in total. The molecular formula is C33H28ClF2N5O5S. The number of thiophene rings is 1. The number of nitrogens with one attached hydrogen (secondary N) is 1. The van der Waals surface area contributed by atoms with Gasteiger partial charge in [-0.1, -0.05) is 11.6 Å². The summed E-state index contributed by atoms with van der Waals surface area (Å²) in [4.78, 5) is 30.9. The molecule has 47 heavy (non-hydrogen) atoms. The lowest BCUT2D eigenvalue weighted by atomic mass is 9.81. The van der Waals surface area contributed by atoms with E-state index in [9.17, 15) is 19.1 Å². The summed E-state index contributed by atoms with van der Waals surface area (Å²) in [5.41, 5.74) is 3.57. The Hall–Kier alpha value is -4.59. The summed E-state index contributed by atoms with van der Waals surface area (Å²) in [6.45, 7) is 1.00. The van der Waals surface area contributed by atoms with E-state index >= 15 is 4.39 Å². The molecular weight excluding hydrogens is 652 g/mol. The second-order valence-corrected chi connectivity index (χ2v) is 13.2. The number of fused-ring (bicyclic) bond motifs is 2. The molecule has 0 saturated heterocycles. The zero-order valence-corrected chi connectivity index (χ0v) is 26.7. The van der Waals surface area contributed by atoms with Gasteiger partial charge >= 0.3 is 0 Å². The van der Waals surface area contributed by atoms with Gasteiger partial charge in [-0.25, -0.2) is 13.8 Å². The quantitative estimate of drug-likeness (QED) is 0.181. The summed E-state index contributed by atoms with van der Waals surface area (Å²) in [6, 6.07) is 8.40. The molecule has 4 N–H and O–H groups in total. The number of methoxy groups -OCH3 is 1. The fourth-order valence-electron chi connectivity index (χ4n) is 5.77. The molecule has 1 aliphatic carbocycles. The van der Waals surface area contributed by atoms with Crippen LogP contribution in [0.1, 0.15) is 53.0 Å². The van der Waals surface area contributed by atoms with E-state index in [0.29, 0.717) is 28.9 Å². The van der Waals surface area contributed by atoms with E-state index in [0.717, 1.165) is 24.3 Å². The van der Waals surface area contributed by atoms with Gasteiger partial charge in [-0.3, -0.25) is 14.3 Å². The molecule has 0 bridgehead atoms. The Labute approximate surface area is 276 Å². The second-order valence-electron chi connectivity index (χ2n) is 12.0. The number of hydrogen-bond donors (Lipinski definition) is 3. The van der Waals surface area contributed by atoms with Crippen molar-refractivity contribution in [2.24, 2.45) is 5.73 Å². The van der Waals surface area contributed by atoms with E-state index < -0.39 is 34.5 Å². The summed E-state index contributed by atoms with van der Waals surface area (Å²) in [5, 5.41) is 23.6. The van der Waals surface area contributed by atoms with Crippen LogP contribution in [0, 0.1) is 11.6 Å². The molecule has 2 aromatic carbocycles. The Morgan fingerprint density at radius 2 is 2.04 bits per heavy atom. The minimum absolute atomic E-state index is 0.0403. The van der Waals surface area contributed by atoms with Crippen LogP contribution >= 0.6 is 22.9 Å². The smallest absolute Gasteiger partial charge is 0.251 e. The fourth-order valence-corrected chi connectivity index (χ4v) is 6.66. The average molecular weight is 680 g/mol. The molecule has 242 valence electrons. The first kappa shape index (κ1) is 31.0. The third-order valence-electron chi connectivity index (χ3n) is 8.80. The molecule has 2 amide bonds. The predicted octanol–water partition coefficient (Wildman–Crippen LogP) is 5.24. The SMILES string of the molecule is COc1cc(C(=O)NC[C@@](O)(c2ccsc2)c2cc3c(c(-c4cc(Cl)c(F)cc4F)n2)OC[C@]3(C)C(N)=O)cc2cn(C3CC3)nc12. The standard InChI is InChI=1S/C33H28ClF2N5O5S/c1-32(31(37)43)15-46-29-21(32)10-26(39-28(29)20-9-22(34)24(36)11-23(20)35)33(44,18-5-6-47-13-18)14-38-30(42)16-7-17-12-41(19-3-4-19)40-27(17)25(8-16)45-2/h5-13,19,44H,3-4,14-15H2,1-2H3,(H2,37,43)(H,38,42)/t32-,33+/m0/s1. The van der Waals surface area contributed by atoms with Crippen LogP contribution < -0.4 is 20.5 Å². The number of benzene rings is 2. The number of carbonyl (C=O) groups is 2. The summed E-state index contributed by atoms with van der Waals surface area (Å²) in [6.07, 6.45) is 3.95. The third-order valence-corrected chi connectivity index (χ3v) is 9.78. The first-order valence-corrected chi connectivity index (χ1v) is 16.0. The maximum atomic E-state index is 15.3. The lowest BCUT2D eigenvalue weighted by molar-refractivity contribution is -0.123. The Morgan fingerprint density at radius 1 is 1.26 bits per heavy atom. The molecule has 1 saturated carbocycles. The molecule has 2 aliphatic rings. The lowest BCUT2D eigenvalue weighted by Crippen LogP contribution is -2.43. The van der Waals surface area contributed by atoms with Crippen LogP contribution in [-0.4, -0.2) is 51.9 Å². The highest BCUT2D eigenvalue weighted by atomic mass is 35.5. The van der Waals surface area contributed by atoms with Gasteiger partial charge in [0, 0.05) is 39.9 Å². The van der Waals surface area contributed by atoms with Crippen molar-refractivity contribution in [2.75, 3.05) is 20.3 Å². The van der Waals surface area contributed by atoms with Gasteiger partial charge in [0.1, 0.15) is 52.0 Å². The minimum Gasteiger partial charge on any atom is -0.494 e. The number of ether oxygens (including phenoxy) is 2. The highest BCUT2D eigenvalue weighted by molar-refractivity contribution is 7.08. The van der Waals surface area contributed by atoms with E-state index in [2.05, 4.69) is 15.4 Å². The van der Waals surface area contributed by atoms with Gasteiger partial charge in [0.2, 0.25) is 5.91 Å². The summed E-state index contributed by atoms with van der Waals surface area (Å²) in [5.74, 6) is -2.73. The number of carbonyl (C=O) groups excluding carboxylic acids is 2. The Morgan fingerprint density at radius 3 is 2.72 bits per heavy atom. The van der Waals surface area contributed by atoms with E-state index in [1.165, 1.54) is 24.5 Å². The molecule has 14 heteroatoms. The first-order chi connectivity index (χ1) is 22.4. The minimum atomic E-state index is -1.99. The maximum absolute atomic E-state index is 15.3. The van der Waals surface area contributed by atoms with Crippen LogP contribution in [0.2, 0.25) is 5.02 Å². The molecule has 1 aliphatic heterocycles. The highest BCUT2D eigenvalue weighted by Gasteiger charge is 2.46. The Balaban J connectivity index is 1.32. The van der Waals surface area contributed by atoms with Crippen LogP contribution in [0.3, 0.4) is 0 Å². The van der Waals surface area contributed by atoms with E-state index in [-0.39, 0.29) is 52.0 Å². The van der Waals surface area contributed by atoms with E-state index in [4.69, 9.17) is 26.8 Å². The summed E-state index contributed by atoms with van der Waals surface area (Å²) in [7, 11) is 1.50. The van der Waals surface area contributed by atoms with Gasteiger partial charge in [-0.05, 0) is 60.9 Å². The zero-order chi connectivity index (χ0) is 33.2. The van der Waals surface area contributed by atoms with Gasteiger partial charge in [-0.15, -0.1) is 0 Å². The monoisotopic (exact) mass is 679 g/mol. The van der Waals surface area contributed by atoms with Crippen molar-refractivity contribution in [3.05, 3.63) is 92.4 Å². The van der Waals surface area contributed by atoms with Crippen molar-refractivity contribution >= 4 is 45.7 Å². The number of pyridine rings is 1. The van der Waals surface area contributed by atoms with Gasteiger partial charge in [0.05, 0.1) is 30.4 Å². The van der Waals surface area contributed by atoms with Gasteiger partial charge in [0.25, 0.3) is 5.91 Å². The Kier molecular flexibility index (Phi) is 7.45. The normalized spacial score (nSPS) is 18.4. The first-order valence-electron chi connectivity index (χ1n) is 14.7. The van der Waals surface area contributed by atoms with Gasteiger partial charge in [0.15, 0.2) is 0 Å². The molecule has 2 atom stereocenters. The van der Waals surface area contributed by atoms with E-state index in [1.807, 2.05) is 10.9 Å². The largest absolute Gasteiger partial charge is 0.494 e. The average Bonchev–Trinajstić information content (AvgIpc) is 3.41. The summed E-state index contributed by atoms with van der Waals surface area (Å²) >= 11 is 7.33. The number of aliphatic hydroxyl groups is 1. The molecule has 3 aromatic heterocycles. The van der Waals surface area contributed by atoms with Crippen molar-refractivity contribution < 1.29 is 33.0 Å². The number of amides is 2. The number of aromatic nitrogens is 3. The van der Waals surface area contributed by atoms with Crippen LogP contribution in [0.5, 0.6) is 11.5 Å². The number of halogens is 3. The van der Waals surface area contributed by atoms with Crippen molar-refractivity contribution in [3.63, 3.8) is 0 Å². The van der Waals surface area contributed by atoms with Crippen LogP contribution in [0.15, 0.2) is 53.4 Å². The number of nitrogens with two attached hydrogens (primary N) is 1. The van der Waals surface area contributed by atoms with Crippen molar-refractivity contribution in [3.8, 4) is 22.8 Å². The maximum Gasteiger partial charge on any atom is 0.251 e. The van der Waals surface area contributed by atoms with Gasteiger partial charge < -0.3 is 25.6 Å². The van der Waals surface area contributed by atoms with Gasteiger partial charge in [-0.2, -0.15) is 16.4 Å². The van der Waals surface area contributed by atoms with Crippen molar-refractivity contribution in [2.45, 2.75) is 36.8 Å². The van der Waals surface area contributed by atoms with Crippen LogP contribution in [0.4, 0.5) is 8.78 Å². The molecule has 1 fully saturated rings.